The smallest absolute Gasteiger partial charge is 0.184 e. The Morgan fingerprint density at radius 3 is 2.24 bits per heavy atom. The van der Waals surface area contributed by atoms with Gasteiger partial charge in [-0.15, -0.1) is 6.42 Å². The maximum Gasteiger partial charge on any atom is 0.184 e. The Hall–Kier alpha value is -2.27. The normalized spacial score (nSPS) is 11.5. The molecule has 84 valence electrons. The lowest BCUT2D eigenvalue weighted by atomic mass is 10.1. The van der Waals surface area contributed by atoms with Gasteiger partial charge in [-0.25, -0.2) is 4.39 Å². The van der Waals surface area contributed by atoms with Crippen molar-refractivity contribution in [3.05, 3.63) is 66.0 Å². The summed E-state index contributed by atoms with van der Waals surface area (Å²) in [6.07, 6.45) is 4.92. The third-order valence-electron chi connectivity index (χ3n) is 2.32. The zero-order valence-corrected chi connectivity index (χ0v) is 9.14. The van der Waals surface area contributed by atoms with E-state index in [2.05, 4.69) is 5.92 Å². The summed E-state index contributed by atoms with van der Waals surface area (Å²) in [6.45, 7) is 0. The van der Waals surface area contributed by atoms with Crippen LogP contribution >= 0.6 is 0 Å². The van der Waals surface area contributed by atoms with Gasteiger partial charge < -0.3 is 4.74 Å². The first kappa shape index (κ1) is 11.2. The van der Waals surface area contributed by atoms with Gasteiger partial charge in [0.1, 0.15) is 11.6 Å². The second kappa shape index (κ2) is 5.18. The van der Waals surface area contributed by atoms with E-state index >= 15 is 0 Å². The molecule has 0 aliphatic carbocycles. The molecule has 0 aliphatic rings. The molecule has 17 heavy (non-hydrogen) atoms. The van der Waals surface area contributed by atoms with Crippen molar-refractivity contribution in [3.8, 4) is 18.1 Å². The molecule has 2 rings (SSSR count). The average molecular weight is 226 g/mol. The van der Waals surface area contributed by atoms with Crippen LogP contribution in [0, 0.1) is 18.2 Å². The highest BCUT2D eigenvalue weighted by Gasteiger charge is 2.09. The van der Waals surface area contributed by atoms with Crippen molar-refractivity contribution in [2.24, 2.45) is 0 Å². The fourth-order valence-electron chi connectivity index (χ4n) is 1.47. The highest BCUT2D eigenvalue weighted by atomic mass is 19.1. The Morgan fingerprint density at radius 2 is 1.65 bits per heavy atom. The minimum absolute atomic E-state index is 0.288. The van der Waals surface area contributed by atoms with E-state index in [-0.39, 0.29) is 5.82 Å². The summed E-state index contributed by atoms with van der Waals surface area (Å²) in [5.41, 5.74) is 0.762. The molecule has 0 aromatic heterocycles. The Kier molecular flexibility index (Phi) is 3.42. The first-order chi connectivity index (χ1) is 8.29. The van der Waals surface area contributed by atoms with Gasteiger partial charge in [-0.1, -0.05) is 36.3 Å². The summed E-state index contributed by atoms with van der Waals surface area (Å²) in [4.78, 5) is 0. The summed E-state index contributed by atoms with van der Waals surface area (Å²) in [6, 6.07) is 15.3. The average Bonchev–Trinajstić information content (AvgIpc) is 2.38. The molecule has 2 aromatic carbocycles. The molecule has 0 aliphatic heterocycles. The lowest BCUT2D eigenvalue weighted by Crippen LogP contribution is -2.04. The van der Waals surface area contributed by atoms with Crippen molar-refractivity contribution >= 4 is 0 Å². The molecule has 0 saturated heterocycles. The monoisotopic (exact) mass is 226 g/mol. The topological polar surface area (TPSA) is 9.23 Å². The highest BCUT2D eigenvalue weighted by molar-refractivity contribution is 5.28. The van der Waals surface area contributed by atoms with Crippen molar-refractivity contribution in [1.82, 2.24) is 0 Å². The molecule has 2 heteroatoms. The van der Waals surface area contributed by atoms with Crippen molar-refractivity contribution in [2.45, 2.75) is 6.10 Å². The predicted octanol–water partition coefficient (Wildman–Crippen LogP) is 3.58. The Bertz CT molecular complexity index is 511. The van der Waals surface area contributed by atoms with Gasteiger partial charge >= 0.3 is 0 Å². The van der Waals surface area contributed by atoms with E-state index in [1.54, 1.807) is 12.1 Å². The first-order valence-corrected chi connectivity index (χ1v) is 5.23. The largest absolute Gasteiger partial charge is 0.473 e. The van der Waals surface area contributed by atoms with E-state index in [0.717, 1.165) is 5.56 Å². The minimum Gasteiger partial charge on any atom is -0.473 e. The van der Waals surface area contributed by atoms with Crippen LogP contribution in [0.5, 0.6) is 5.75 Å². The van der Waals surface area contributed by atoms with Gasteiger partial charge in [-0.05, 0) is 24.3 Å². The van der Waals surface area contributed by atoms with Crippen LogP contribution in [0.1, 0.15) is 11.7 Å². The molecule has 1 atom stereocenters. The third kappa shape index (κ3) is 2.85. The van der Waals surface area contributed by atoms with Crippen LogP contribution in [0.25, 0.3) is 0 Å². The van der Waals surface area contributed by atoms with Gasteiger partial charge in [0.25, 0.3) is 0 Å². The summed E-state index contributed by atoms with van der Waals surface area (Å²) in [5.74, 6) is 2.95. The molecule has 0 bridgehead atoms. The van der Waals surface area contributed by atoms with Gasteiger partial charge in [0.15, 0.2) is 6.10 Å². The van der Waals surface area contributed by atoms with Crippen molar-refractivity contribution < 1.29 is 9.13 Å². The van der Waals surface area contributed by atoms with Crippen molar-refractivity contribution in [3.63, 3.8) is 0 Å². The van der Waals surface area contributed by atoms with Crippen LogP contribution in [0.4, 0.5) is 4.39 Å². The van der Waals surface area contributed by atoms with Gasteiger partial charge in [-0.2, -0.15) is 0 Å². The van der Waals surface area contributed by atoms with Crippen LogP contribution in [0.2, 0.25) is 0 Å². The number of ether oxygens (including phenoxy) is 1. The predicted molar refractivity (Wildman–Crippen MR) is 65.0 cm³/mol. The zero-order valence-electron chi connectivity index (χ0n) is 9.14. The molecule has 2 aromatic rings. The third-order valence-corrected chi connectivity index (χ3v) is 2.32. The van der Waals surface area contributed by atoms with Crippen LogP contribution in [-0.4, -0.2) is 0 Å². The quantitative estimate of drug-likeness (QED) is 0.727. The summed E-state index contributed by atoms with van der Waals surface area (Å²) in [7, 11) is 0. The molecule has 0 spiro atoms. The second-order valence-corrected chi connectivity index (χ2v) is 3.53. The molecule has 0 fully saturated rings. The van der Waals surface area contributed by atoms with Crippen LogP contribution in [0.15, 0.2) is 54.6 Å². The van der Waals surface area contributed by atoms with E-state index in [1.165, 1.54) is 12.1 Å². The Balaban J connectivity index is 2.18. The summed E-state index contributed by atoms with van der Waals surface area (Å²) >= 11 is 0. The fraction of sp³-hybridized carbons (Fsp3) is 0.0667. The fourth-order valence-corrected chi connectivity index (χ4v) is 1.47. The molecule has 0 amide bonds. The van der Waals surface area contributed by atoms with E-state index in [0.29, 0.717) is 5.75 Å². The molecule has 0 saturated carbocycles. The molecular formula is C15H11FO. The highest BCUT2D eigenvalue weighted by Crippen LogP contribution is 2.21. The molecule has 0 heterocycles. The Morgan fingerprint density at radius 1 is 1.00 bits per heavy atom. The van der Waals surface area contributed by atoms with Gasteiger partial charge in [-0.3, -0.25) is 0 Å². The lowest BCUT2D eigenvalue weighted by Gasteiger charge is -2.13. The van der Waals surface area contributed by atoms with Gasteiger partial charge in [0.2, 0.25) is 0 Å². The van der Waals surface area contributed by atoms with Crippen LogP contribution < -0.4 is 4.74 Å². The number of rotatable bonds is 3. The van der Waals surface area contributed by atoms with E-state index in [1.807, 2.05) is 30.3 Å². The van der Waals surface area contributed by atoms with Crippen LogP contribution in [-0.2, 0) is 0 Å². The number of terminal acetylenes is 1. The van der Waals surface area contributed by atoms with Gasteiger partial charge in [0.05, 0.1) is 0 Å². The maximum absolute atomic E-state index is 12.8. The Labute approximate surface area is 99.9 Å². The molecular weight excluding hydrogens is 215 g/mol. The number of hydrogen-bond donors (Lipinski definition) is 0. The molecule has 1 unspecified atom stereocenters. The molecule has 0 radical (unpaired) electrons. The van der Waals surface area contributed by atoms with Crippen molar-refractivity contribution in [2.75, 3.05) is 0 Å². The lowest BCUT2D eigenvalue weighted by molar-refractivity contribution is 0.265. The second-order valence-electron chi connectivity index (χ2n) is 3.53. The zero-order chi connectivity index (χ0) is 12.1. The standard InChI is InChI=1S/C15H11FO/c1-2-15(12-8-10-13(16)11-9-12)17-14-6-4-3-5-7-14/h1,3-11,15H. The number of benzene rings is 2. The molecule has 1 nitrogen and oxygen atoms in total. The van der Waals surface area contributed by atoms with E-state index in [9.17, 15) is 4.39 Å². The SMILES string of the molecule is C#CC(Oc1ccccc1)c1ccc(F)cc1. The number of para-hydroxylation sites is 1. The van der Waals surface area contributed by atoms with Crippen molar-refractivity contribution in [1.29, 1.82) is 0 Å². The first-order valence-electron chi connectivity index (χ1n) is 5.23. The van der Waals surface area contributed by atoms with E-state index in [4.69, 9.17) is 11.2 Å². The van der Waals surface area contributed by atoms with Gasteiger partial charge in [0, 0.05) is 5.56 Å². The maximum atomic E-state index is 12.8. The van der Waals surface area contributed by atoms with Crippen LogP contribution in [0.3, 0.4) is 0 Å². The number of hydrogen-bond acceptors (Lipinski definition) is 1. The molecule has 0 N–H and O–H groups in total. The van der Waals surface area contributed by atoms with E-state index < -0.39 is 6.10 Å². The minimum atomic E-state index is -0.502. The number of halogens is 1. The summed E-state index contributed by atoms with van der Waals surface area (Å²) in [5, 5.41) is 0. The summed E-state index contributed by atoms with van der Waals surface area (Å²) < 4.78 is 18.4.